The van der Waals surface area contributed by atoms with Gasteiger partial charge in [-0.1, -0.05) is 52.0 Å². The van der Waals surface area contributed by atoms with Crippen LogP contribution in [0.4, 0.5) is 0 Å². The van der Waals surface area contributed by atoms with Gasteiger partial charge in [0.05, 0.1) is 0 Å². The molecule has 1 heterocycles. The molecule has 0 aromatic heterocycles. The van der Waals surface area contributed by atoms with Crippen LogP contribution < -0.4 is 11.1 Å². The number of nitrogens with two attached hydrogens (primary N) is 1. The second-order valence-corrected chi connectivity index (χ2v) is 10.4. The quantitative estimate of drug-likeness (QED) is 0.524. The first-order chi connectivity index (χ1) is 16.1. The Labute approximate surface area is 203 Å². The van der Waals surface area contributed by atoms with Gasteiger partial charge in [-0.05, 0) is 72.0 Å². The Morgan fingerprint density at radius 1 is 1.21 bits per heavy atom. The molecule has 6 nitrogen and oxygen atoms in total. The summed E-state index contributed by atoms with van der Waals surface area (Å²) in [7, 11) is 0. The minimum Gasteiger partial charge on any atom is -0.508 e. The van der Waals surface area contributed by atoms with E-state index < -0.39 is 5.91 Å². The van der Waals surface area contributed by atoms with Gasteiger partial charge in [0.2, 0.25) is 11.8 Å². The molecule has 2 aromatic rings. The number of nitrogens with zero attached hydrogens (tertiary/aromatic N) is 1. The van der Waals surface area contributed by atoms with Gasteiger partial charge in [0.25, 0.3) is 0 Å². The van der Waals surface area contributed by atoms with Crippen molar-refractivity contribution < 1.29 is 14.7 Å². The van der Waals surface area contributed by atoms with Gasteiger partial charge in [-0.25, -0.2) is 0 Å². The number of amides is 2. The van der Waals surface area contributed by atoms with Crippen LogP contribution in [0.5, 0.6) is 5.75 Å². The lowest BCUT2D eigenvalue weighted by Gasteiger charge is -2.46. The number of benzene rings is 2. The van der Waals surface area contributed by atoms with E-state index in [9.17, 15) is 14.7 Å². The summed E-state index contributed by atoms with van der Waals surface area (Å²) in [5, 5.41) is 12.7. The molecule has 4 N–H and O–H groups in total. The van der Waals surface area contributed by atoms with E-state index in [1.165, 1.54) is 5.56 Å². The number of hydrogen-bond donors (Lipinski definition) is 3. The first kappa shape index (κ1) is 25.8. The van der Waals surface area contributed by atoms with Crippen molar-refractivity contribution in [2.45, 2.75) is 58.4 Å². The van der Waals surface area contributed by atoms with E-state index in [4.69, 9.17) is 5.73 Å². The molecule has 2 aromatic carbocycles. The standard InChI is InChI=1S/C28H39N3O3/c1-19(2)25(30-26(33)13-10-21-8-11-24(32)12-9-21)18-31-15-14-28(4,20(3)17-31)23-7-5-6-22(16-23)27(29)34/h5-9,11-12,16,19-20,25,32H,10,13-15,17-18H2,1-4H3,(H2,29,34)(H,30,33)/t20-,25?,28+/m0/s1. The lowest BCUT2D eigenvalue weighted by Crippen LogP contribution is -2.53. The summed E-state index contributed by atoms with van der Waals surface area (Å²) in [6.45, 7) is 11.5. The highest BCUT2D eigenvalue weighted by molar-refractivity contribution is 5.93. The van der Waals surface area contributed by atoms with Gasteiger partial charge in [-0.15, -0.1) is 0 Å². The fourth-order valence-electron chi connectivity index (χ4n) is 4.84. The highest BCUT2D eigenvalue weighted by Crippen LogP contribution is 2.39. The molecule has 0 radical (unpaired) electrons. The second kappa shape index (κ2) is 11.0. The summed E-state index contributed by atoms with van der Waals surface area (Å²) < 4.78 is 0. The van der Waals surface area contributed by atoms with E-state index >= 15 is 0 Å². The van der Waals surface area contributed by atoms with Crippen LogP contribution in [0.1, 0.15) is 62.0 Å². The monoisotopic (exact) mass is 465 g/mol. The van der Waals surface area contributed by atoms with Crippen LogP contribution in [0.2, 0.25) is 0 Å². The van der Waals surface area contributed by atoms with Gasteiger partial charge < -0.3 is 21.1 Å². The molecule has 6 heteroatoms. The van der Waals surface area contributed by atoms with Crippen molar-refractivity contribution in [3.8, 4) is 5.75 Å². The summed E-state index contributed by atoms with van der Waals surface area (Å²) in [5.41, 5.74) is 8.24. The van der Waals surface area contributed by atoms with Crippen molar-refractivity contribution in [1.82, 2.24) is 10.2 Å². The summed E-state index contributed by atoms with van der Waals surface area (Å²) in [6, 6.07) is 14.8. The molecule has 3 atom stereocenters. The molecule has 1 saturated heterocycles. The lowest BCUT2D eigenvalue weighted by atomic mass is 9.67. The highest BCUT2D eigenvalue weighted by atomic mass is 16.3. The maximum atomic E-state index is 12.7. The van der Waals surface area contributed by atoms with Crippen molar-refractivity contribution in [2.75, 3.05) is 19.6 Å². The third kappa shape index (κ3) is 6.38. The number of primary amides is 1. The molecule has 1 fully saturated rings. The molecule has 3 rings (SSSR count). The summed E-state index contributed by atoms with van der Waals surface area (Å²) in [6.07, 6.45) is 2.06. The third-order valence-corrected chi connectivity index (χ3v) is 7.56. The number of phenols is 1. The van der Waals surface area contributed by atoms with Crippen LogP contribution in [0, 0.1) is 11.8 Å². The smallest absolute Gasteiger partial charge is 0.248 e. The van der Waals surface area contributed by atoms with Crippen molar-refractivity contribution in [3.05, 3.63) is 65.2 Å². The number of carbonyl (C=O) groups is 2. The molecule has 184 valence electrons. The van der Waals surface area contributed by atoms with E-state index in [0.29, 0.717) is 30.2 Å². The highest BCUT2D eigenvalue weighted by Gasteiger charge is 2.38. The topological polar surface area (TPSA) is 95.7 Å². The minimum atomic E-state index is -0.392. The molecule has 0 saturated carbocycles. The Bertz CT molecular complexity index is 989. The number of phenolic OH excluding ortho intramolecular Hbond substituents is 1. The molecule has 0 bridgehead atoms. The zero-order valence-electron chi connectivity index (χ0n) is 20.9. The van der Waals surface area contributed by atoms with E-state index in [1.54, 1.807) is 18.2 Å². The number of carbonyl (C=O) groups excluding carboxylic acids is 2. The van der Waals surface area contributed by atoms with Crippen LogP contribution in [0.15, 0.2) is 48.5 Å². The fraction of sp³-hybridized carbons (Fsp3) is 0.500. The van der Waals surface area contributed by atoms with Crippen molar-refractivity contribution >= 4 is 11.8 Å². The van der Waals surface area contributed by atoms with Crippen LogP contribution >= 0.6 is 0 Å². The molecule has 34 heavy (non-hydrogen) atoms. The van der Waals surface area contributed by atoms with Crippen molar-refractivity contribution in [2.24, 2.45) is 17.6 Å². The van der Waals surface area contributed by atoms with Crippen molar-refractivity contribution in [3.63, 3.8) is 0 Å². The van der Waals surface area contributed by atoms with Gasteiger partial charge in [0.1, 0.15) is 5.75 Å². The zero-order chi connectivity index (χ0) is 24.9. The van der Waals surface area contributed by atoms with Gasteiger partial charge in [-0.3, -0.25) is 9.59 Å². The first-order valence-corrected chi connectivity index (χ1v) is 12.3. The Morgan fingerprint density at radius 3 is 2.53 bits per heavy atom. The van der Waals surface area contributed by atoms with Gasteiger partial charge in [0.15, 0.2) is 0 Å². The second-order valence-electron chi connectivity index (χ2n) is 10.4. The van der Waals surface area contributed by atoms with Crippen LogP contribution in [0.3, 0.4) is 0 Å². The first-order valence-electron chi connectivity index (χ1n) is 12.3. The van der Waals surface area contributed by atoms with Crippen LogP contribution in [-0.2, 0) is 16.6 Å². The number of aromatic hydroxyl groups is 1. The van der Waals surface area contributed by atoms with Gasteiger partial charge in [-0.2, -0.15) is 0 Å². The molecule has 1 aliphatic heterocycles. The van der Waals surface area contributed by atoms with E-state index in [2.05, 4.69) is 44.0 Å². The van der Waals surface area contributed by atoms with E-state index in [0.717, 1.165) is 31.6 Å². The molecular formula is C28H39N3O3. The SMILES string of the molecule is CC(C)C(CN1CC[C@@](C)(c2cccc(C(N)=O)c2)[C@@H](C)C1)NC(=O)CCc1ccc(O)cc1. The fourth-order valence-corrected chi connectivity index (χ4v) is 4.84. The summed E-state index contributed by atoms with van der Waals surface area (Å²) >= 11 is 0. The van der Waals surface area contributed by atoms with E-state index in [1.807, 2.05) is 24.3 Å². The molecular weight excluding hydrogens is 426 g/mol. The van der Waals surface area contributed by atoms with Crippen molar-refractivity contribution in [1.29, 1.82) is 0 Å². The Kier molecular flexibility index (Phi) is 8.37. The zero-order valence-corrected chi connectivity index (χ0v) is 20.9. The third-order valence-electron chi connectivity index (χ3n) is 7.56. The van der Waals surface area contributed by atoms with Crippen LogP contribution in [0.25, 0.3) is 0 Å². The molecule has 1 aliphatic rings. The number of likely N-dealkylation sites (tertiary alicyclic amines) is 1. The lowest BCUT2D eigenvalue weighted by molar-refractivity contribution is -0.122. The molecule has 2 amide bonds. The molecule has 0 spiro atoms. The predicted octanol–water partition coefficient (Wildman–Crippen LogP) is 3.86. The summed E-state index contributed by atoms with van der Waals surface area (Å²) in [4.78, 5) is 26.8. The number of rotatable bonds is 9. The average Bonchev–Trinajstić information content (AvgIpc) is 2.80. The Balaban J connectivity index is 1.57. The largest absolute Gasteiger partial charge is 0.508 e. The van der Waals surface area contributed by atoms with Gasteiger partial charge in [0, 0.05) is 31.1 Å². The Hall–Kier alpha value is -2.86. The average molecular weight is 466 g/mol. The number of aryl methyl sites for hydroxylation is 1. The van der Waals surface area contributed by atoms with E-state index in [-0.39, 0.29) is 23.1 Å². The normalized spacial score (nSPS) is 21.9. The molecule has 1 unspecified atom stereocenters. The number of nitrogens with one attached hydrogen (secondary N) is 1. The minimum absolute atomic E-state index is 0.0251. The Morgan fingerprint density at radius 2 is 1.91 bits per heavy atom. The summed E-state index contributed by atoms with van der Waals surface area (Å²) in [5.74, 6) is 0.623. The maximum absolute atomic E-state index is 12.7. The maximum Gasteiger partial charge on any atom is 0.248 e. The van der Waals surface area contributed by atoms with Crippen LogP contribution in [-0.4, -0.2) is 47.5 Å². The number of hydrogen-bond acceptors (Lipinski definition) is 4. The number of piperidine rings is 1. The predicted molar refractivity (Wildman–Crippen MR) is 136 cm³/mol. The molecule has 0 aliphatic carbocycles. The van der Waals surface area contributed by atoms with Gasteiger partial charge >= 0.3 is 0 Å².